The summed E-state index contributed by atoms with van der Waals surface area (Å²) < 4.78 is 16.8. The van der Waals surface area contributed by atoms with Crippen LogP contribution in [-0.2, 0) is 9.53 Å². The highest BCUT2D eigenvalue weighted by molar-refractivity contribution is 7.99. The van der Waals surface area contributed by atoms with Crippen LogP contribution in [0.5, 0.6) is 11.5 Å². The van der Waals surface area contributed by atoms with Crippen molar-refractivity contribution in [1.82, 2.24) is 9.97 Å². The molecular formula is C23H23N3O5S. The van der Waals surface area contributed by atoms with Crippen LogP contribution in [0.25, 0.3) is 10.9 Å². The van der Waals surface area contributed by atoms with E-state index >= 15 is 0 Å². The van der Waals surface area contributed by atoms with Gasteiger partial charge in [0.25, 0.3) is 0 Å². The Morgan fingerprint density at radius 2 is 1.97 bits per heavy atom. The number of anilines is 2. The van der Waals surface area contributed by atoms with E-state index < -0.39 is 5.97 Å². The van der Waals surface area contributed by atoms with Gasteiger partial charge in [-0.15, -0.1) is 18.2 Å². The summed E-state index contributed by atoms with van der Waals surface area (Å²) in [4.78, 5) is 19.4. The number of thioether (sulfide) groups is 1. The summed E-state index contributed by atoms with van der Waals surface area (Å²) in [5, 5.41) is 12.8. The molecule has 1 heterocycles. The average Bonchev–Trinajstić information content (AvgIpc) is 2.79. The first-order valence-corrected chi connectivity index (χ1v) is 10.9. The van der Waals surface area contributed by atoms with Crippen molar-refractivity contribution in [2.75, 3.05) is 43.8 Å². The molecule has 8 nitrogen and oxygen atoms in total. The molecule has 0 saturated carbocycles. The Kier molecular flexibility index (Phi) is 8.54. The van der Waals surface area contributed by atoms with Gasteiger partial charge in [0.15, 0.2) is 11.5 Å². The SMILES string of the molecule is C#Cc1cccc(Nc2ncnc3cc(OCCSCC(=O)O)c(OCCOC)cc23)c1. The first kappa shape index (κ1) is 23.2. The number of carboxylic acid groups (broad SMARTS) is 1. The lowest BCUT2D eigenvalue weighted by Gasteiger charge is -2.15. The topological polar surface area (TPSA) is 103 Å². The number of nitrogens with zero attached hydrogens (tertiary/aromatic N) is 2. The summed E-state index contributed by atoms with van der Waals surface area (Å²) in [7, 11) is 1.60. The van der Waals surface area contributed by atoms with Crippen LogP contribution in [0.15, 0.2) is 42.7 Å². The molecule has 0 aliphatic rings. The zero-order chi connectivity index (χ0) is 22.8. The van der Waals surface area contributed by atoms with Crippen LogP contribution >= 0.6 is 11.8 Å². The number of hydrogen-bond acceptors (Lipinski definition) is 8. The molecule has 3 rings (SSSR count). The Balaban J connectivity index is 1.86. The van der Waals surface area contributed by atoms with E-state index in [0.29, 0.717) is 48.4 Å². The number of aromatic nitrogens is 2. The molecule has 0 radical (unpaired) electrons. The maximum atomic E-state index is 10.7. The summed E-state index contributed by atoms with van der Waals surface area (Å²) in [6, 6.07) is 11.1. The molecule has 0 spiro atoms. The number of hydrogen-bond donors (Lipinski definition) is 2. The van der Waals surface area contributed by atoms with E-state index in [1.165, 1.54) is 18.1 Å². The van der Waals surface area contributed by atoms with Gasteiger partial charge in [0.05, 0.1) is 24.5 Å². The molecule has 32 heavy (non-hydrogen) atoms. The standard InChI is InChI=1S/C23H23N3O5S/c1-3-16-5-4-6-17(11-16)26-23-18-12-20(30-8-7-29-2)21(13-19(18)24-15-25-23)31-9-10-32-14-22(27)28/h1,4-6,11-13,15H,7-10,14H2,2H3,(H,27,28)(H,24,25,26). The fourth-order valence-electron chi connectivity index (χ4n) is 2.82. The normalized spacial score (nSPS) is 10.5. The maximum absolute atomic E-state index is 10.7. The third-order valence-electron chi connectivity index (χ3n) is 4.25. The van der Waals surface area contributed by atoms with Crippen LogP contribution in [0.4, 0.5) is 11.5 Å². The van der Waals surface area contributed by atoms with Crippen molar-refractivity contribution in [2.24, 2.45) is 0 Å². The molecule has 9 heteroatoms. The van der Waals surface area contributed by atoms with Gasteiger partial charge in [0.1, 0.15) is 18.8 Å². The van der Waals surface area contributed by atoms with Gasteiger partial charge in [-0.05, 0) is 24.3 Å². The van der Waals surface area contributed by atoms with Gasteiger partial charge in [-0.3, -0.25) is 4.79 Å². The highest BCUT2D eigenvalue weighted by Gasteiger charge is 2.13. The van der Waals surface area contributed by atoms with Crippen LogP contribution in [-0.4, -0.2) is 59.5 Å². The van der Waals surface area contributed by atoms with Gasteiger partial charge in [-0.1, -0.05) is 12.0 Å². The van der Waals surface area contributed by atoms with Crippen LogP contribution < -0.4 is 14.8 Å². The zero-order valence-corrected chi connectivity index (χ0v) is 18.4. The van der Waals surface area contributed by atoms with Crippen molar-refractivity contribution in [2.45, 2.75) is 0 Å². The lowest BCUT2D eigenvalue weighted by Crippen LogP contribution is -2.08. The average molecular weight is 454 g/mol. The minimum Gasteiger partial charge on any atom is -0.489 e. The Labute approximate surface area is 190 Å². The van der Waals surface area contributed by atoms with Gasteiger partial charge >= 0.3 is 5.97 Å². The molecule has 0 amide bonds. The molecule has 3 aromatic rings. The molecule has 166 valence electrons. The molecule has 0 aliphatic carbocycles. The number of rotatable bonds is 12. The predicted molar refractivity (Wildman–Crippen MR) is 125 cm³/mol. The van der Waals surface area contributed by atoms with E-state index in [1.807, 2.05) is 30.3 Å². The number of methoxy groups -OCH3 is 1. The molecule has 0 bridgehead atoms. The highest BCUT2D eigenvalue weighted by atomic mass is 32.2. The van der Waals surface area contributed by atoms with Crippen LogP contribution in [0.3, 0.4) is 0 Å². The molecule has 2 N–H and O–H groups in total. The lowest BCUT2D eigenvalue weighted by atomic mass is 10.2. The second-order valence-corrected chi connectivity index (χ2v) is 7.63. The maximum Gasteiger partial charge on any atom is 0.313 e. The van der Waals surface area contributed by atoms with Crippen LogP contribution in [0.2, 0.25) is 0 Å². The Hall–Kier alpha value is -3.48. The summed E-state index contributed by atoms with van der Waals surface area (Å²) in [6.45, 7) is 1.09. The highest BCUT2D eigenvalue weighted by Crippen LogP contribution is 2.35. The molecular weight excluding hydrogens is 430 g/mol. The fraction of sp³-hybridized carbons (Fsp3) is 0.261. The first-order chi connectivity index (χ1) is 15.6. The number of aliphatic carboxylic acids is 1. The number of carbonyl (C=O) groups is 1. The van der Waals surface area contributed by atoms with E-state index in [2.05, 4.69) is 21.2 Å². The largest absolute Gasteiger partial charge is 0.489 e. The van der Waals surface area contributed by atoms with Gasteiger partial charge in [-0.25, -0.2) is 9.97 Å². The number of ether oxygens (including phenoxy) is 3. The van der Waals surface area contributed by atoms with Gasteiger partial charge in [0.2, 0.25) is 0 Å². The van der Waals surface area contributed by atoms with Crippen molar-refractivity contribution >= 4 is 40.1 Å². The van der Waals surface area contributed by atoms with Crippen molar-refractivity contribution in [3.05, 3.63) is 48.3 Å². The summed E-state index contributed by atoms with van der Waals surface area (Å²) in [6.07, 6.45) is 6.96. The number of benzene rings is 2. The van der Waals surface area contributed by atoms with Crippen molar-refractivity contribution in [1.29, 1.82) is 0 Å². The van der Waals surface area contributed by atoms with Crippen molar-refractivity contribution in [3.63, 3.8) is 0 Å². The third-order valence-corrected chi connectivity index (χ3v) is 5.16. The quantitative estimate of drug-likeness (QED) is 0.315. The number of terminal acetylenes is 1. The smallest absolute Gasteiger partial charge is 0.313 e. The Morgan fingerprint density at radius 1 is 1.16 bits per heavy atom. The van der Waals surface area contributed by atoms with Gasteiger partial charge in [0, 0.05) is 35.6 Å². The van der Waals surface area contributed by atoms with Crippen LogP contribution in [0, 0.1) is 12.3 Å². The molecule has 1 aromatic heterocycles. The number of carboxylic acids is 1. The van der Waals surface area contributed by atoms with Crippen LogP contribution in [0.1, 0.15) is 5.56 Å². The van der Waals surface area contributed by atoms with E-state index in [0.717, 1.165) is 16.6 Å². The summed E-state index contributed by atoms with van der Waals surface area (Å²) in [5.74, 6) is 3.96. The zero-order valence-electron chi connectivity index (χ0n) is 17.5. The summed E-state index contributed by atoms with van der Waals surface area (Å²) >= 11 is 1.28. The first-order valence-electron chi connectivity index (χ1n) is 9.77. The second-order valence-electron chi connectivity index (χ2n) is 6.52. The summed E-state index contributed by atoms with van der Waals surface area (Å²) in [5.41, 5.74) is 2.23. The molecule has 0 aliphatic heterocycles. The van der Waals surface area contributed by atoms with E-state index in [-0.39, 0.29) is 5.75 Å². The molecule has 0 unspecified atom stereocenters. The molecule has 2 aromatic carbocycles. The third kappa shape index (κ3) is 6.51. The van der Waals surface area contributed by atoms with Gasteiger partial charge < -0.3 is 24.6 Å². The second kappa shape index (κ2) is 11.8. The molecule has 0 fully saturated rings. The predicted octanol–water partition coefficient (Wildman–Crippen LogP) is 3.58. The van der Waals surface area contributed by atoms with Gasteiger partial charge in [-0.2, -0.15) is 0 Å². The molecule has 0 atom stereocenters. The lowest BCUT2D eigenvalue weighted by molar-refractivity contribution is -0.133. The van der Waals surface area contributed by atoms with E-state index in [9.17, 15) is 4.79 Å². The molecule has 0 saturated heterocycles. The van der Waals surface area contributed by atoms with E-state index in [4.69, 9.17) is 25.7 Å². The minimum absolute atomic E-state index is 0.0292. The Morgan fingerprint density at radius 3 is 2.75 bits per heavy atom. The monoisotopic (exact) mass is 453 g/mol. The van der Waals surface area contributed by atoms with Crippen molar-refractivity contribution in [3.8, 4) is 23.8 Å². The van der Waals surface area contributed by atoms with Crippen molar-refractivity contribution < 1.29 is 24.1 Å². The van der Waals surface area contributed by atoms with E-state index in [1.54, 1.807) is 13.2 Å². The number of nitrogens with one attached hydrogen (secondary N) is 1. The Bertz CT molecular complexity index is 1120. The fourth-order valence-corrected chi connectivity index (χ4v) is 3.34. The minimum atomic E-state index is -0.853. The number of fused-ring (bicyclic) bond motifs is 1.